The molecule has 0 fully saturated rings. The Bertz CT molecular complexity index is 955. The predicted molar refractivity (Wildman–Crippen MR) is 84.4 cm³/mol. The molecule has 3 heteroatoms. The van der Waals surface area contributed by atoms with Crippen LogP contribution in [0.5, 0.6) is 0 Å². The first kappa shape index (κ1) is 11.9. The molecule has 2 aromatic heterocycles. The molecular weight excluding hydrogens is 260 g/mol. The van der Waals surface area contributed by atoms with Crippen LogP contribution < -0.4 is 0 Å². The van der Waals surface area contributed by atoms with Crippen LogP contribution in [0.2, 0.25) is 0 Å². The first-order valence-electron chi connectivity index (χ1n) is 6.78. The number of carbonyl (C=O) groups excluding carboxylic acids is 1. The summed E-state index contributed by atoms with van der Waals surface area (Å²) in [6.45, 7) is 0. The average molecular weight is 272 g/mol. The highest BCUT2D eigenvalue weighted by molar-refractivity contribution is 6.13. The van der Waals surface area contributed by atoms with Gasteiger partial charge in [-0.15, -0.1) is 0 Å². The van der Waals surface area contributed by atoms with Crippen molar-refractivity contribution in [2.24, 2.45) is 0 Å². The number of aromatic amines is 1. The predicted octanol–water partition coefficient (Wildman–Crippen LogP) is 4.20. The number of benzene rings is 2. The summed E-state index contributed by atoms with van der Waals surface area (Å²) in [6, 6.07) is 17.9. The summed E-state index contributed by atoms with van der Waals surface area (Å²) in [5.41, 5.74) is 3.20. The Kier molecular flexibility index (Phi) is 2.57. The molecule has 21 heavy (non-hydrogen) atoms. The molecule has 0 aliphatic rings. The molecule has 4 rings (SSSR count). The van der Waals surface area contributed by atoms with Crippen LogP contribution in [-0.4, -0.2) is 16.3 Å². The van der Waals surface area contributed by atoms with Crippen LogP contribution in [0.3, 0.4) is 0 Å². The first-order chi connectivity index (χ1) is 10.4. The molecule has 2 heterocycles. The molecule has 0 bridgehead atoms. The van der Waals surface area contributed by atoms with Crippen LogP contribution in [0.1, 0.15) is 10.4 Å². The van der Waals surface area contributed by atoms with Crippen molar-refractivity contribution in [3.05, 3.63) is 66.4 Å². The standard InChI is InChI=1S/C18H12N2O/c21-11-15-14-9-8-12-5-1-2-6-13(12)17(14)20-18(15)16-7-3-4-10-19-16/h1-11,20H. The van der Waals surface area contributed by atoms with Gasteiger partial charge in [0.05, 0.1) is 16.9 Å². The molecule has 0 spiro atoms. The highest BCUT2D eigenvalue weighted by Gasteiger charge is 2.14. The third kappa shape index (κ3) is 1.75. The van der Waals surface area contributed by atoms with Gasteiger partial charge in [-0.05, 0) is 17.5 Å². The van der Waals surface area contributed by atoms with Crippen molar-refractivity contribution >= 4 is 28.0 Å². The van der Waals surface area contributed by atoms with Crippen molar-refractivity contribution in [1.29, 1.82) is 0 Å². The third-order valence-electron chi connectivity index (χ3n) is 3.78. The molecule has 100 valence electrons. The van der Waals surface area contributed by atoms with E-state index in [1.54, 1.807) is 6.20 Å². The molecule has 4 aromatic rings. The molecule has 0 amide bonds. The minimum absolute atomic E-state index is 0.662. The average Bonchev–Trinajstić information content (AvgIpc) is 2.94. The van der Waals surface area contributed by atoms with Crippen molar-refractivity contribution in [2.75, 3.05) is 0 Å². The van der Waals surface area contributed by atoms with Gasteiger partial charge in [-0.1, -0.05) is 42.5 Å². The van der Waals surface area contributed by atoms with Crippen LogP contribution >= 0.6 is 0 Å². The van der Waals surface area contributed by atoms with E-state index < -0.39 is 0 Å². The van der Waals surface area contributed by atoms with E-state index in [1.165, 1.54) is 0 Å². The van der Waals surface area contributed by atoms with Crippen molar-refractivity contribution in [2.45, 2.75) is 0 Å². The number of rotatable bonds is 2. The van der Waals surface area contributed by atoms with E-state index in [0.29, 0.717) is 5.56 Å². The van der Waals surface area contributed by atoms with Gasteiger partial charge in [0, 0.05) is 22.5 Å². The highest BCUT2D eigenvalue weighted by atomic mass is 16.1. The molecule has 0 atom stereocenters. The number of pyridine rings is 1. The van der Waals surface area contributed by atoms with E-state index in [0.717, 1.165) is 39.3 Å². The molecule has 0 saturated heterocycles. The Hall–Kier alpha value is -2.94. The van der Waals surface area contributed by atoms with E-state index in [4.69, 9.17) is 0 Å². The van der Waals surface area contributed by atoms with Crippen LogP contribution in [-0.2, 0) is 0 Å². The Morgan fingerprint density at radius 2 is 1.76 bits per heavy atom. The van der Waals surface area contributed by atoms with Crippen molar-refractivity contribution < 1.29 is 4.79 Å². The molecule has 0 saturated carbocycles. The fourth-order valence-corrected chi connectivity index (χ4v) is 2.79. The normalized spacial score (nSPS) is 11.0. The minimum Gasteiger partial charge on any atom is -0.352 e. The Labute approximate surface area is 121 Å². The number of aldehydes is 1. The number of carbonyl (C=O) groups is 1. The zero-order valence-electron chi connectivity index (χ0n) is 11.2. The van der Waals surface area contributed by atoms with E-state index in [2.05, 4.69) is 22.1 Å². The highest BCUT2D eigenvalue weighted by Crippen LogP contribution is 2.32. The van der Waals surface area contributed by atoms with Gasteiger partial charge in [-0.25, -0.2) is 0 Å². The number of aromatic nitrogens is 2. The van der Waals surface area contributed by atoms with Gasteiger partial charge in [0.1, 0.15) is 0 Å². The molecule has 1 N–H and O–H groups in total. The fourth-order valence-electron chi connectivity index (χ4n) is 2.79. The summed E-state index contributed by atoms with van der Waals surface area (Å²) < 4.78 is 0. The lowest BCUT2D eigenvalue weighted by molar-refractivity contribution is 0.112. The van der Waals surface area contributed by atoms with E-state index in [1.807, 2.05) is 42.5 Å². The van der Waals surface area contributed by atoms with Gasteiger partial charge in [0.25, 0.3) is 0 Å². The quantitative estimate of drug-likeness (QED) is 0.556. The second kappa shape index (κ2) is 4.56. The smallest absolute Gasteiger partial charge is 0.152 e. The SMILES string of the molecule is O=Cc1c(-c2ccccn2)[nH]c2c1ccc1ccccc12. The Morgan fingerprint density at radius 1 is 0.905 bits per heavy atom. The lowest BCUT2D eigenvalue weighted by Gasteiger charge is -1.98. The topological polar surface area (TPSA) is 45.8 Å². The van der Waals surface area contributed by atoms with Crippen molar-refractivity contribution in [3.63, 3.8) is 0 Å². The lowest BCUT2D eigenvalue weighted by atomic mass is 10.0. The monoisotopic (exact) mass is 272 g/mol. The van der Waals surface area contributed by atoms with Gasteiger partial charge >= 0.3 is 0 Å². The summed E-state index contributed by atoms with van der Waals surface area (Å²) in [7, 11) is 0. The zero-order chi connectivity index (χ0) is 14.2. The van der Waals surface area contributed by atoms with Crippen molar-refractivity contribution in [1.82, 2.24) is 9.97 Å². The molecular formula is C18H12N2O. The summed E-state index contributed by atoms with van der Waals surface area (Å²) in [4.78, 5) is 19.3. The number of H-pyrrole nitrogens is 1. The second-order valence-corrected chi connectivity index (χ2v) is 4.96. The molecule has 0 aliphatic heterocycles. The molecule has 0 aliphatic carbocycles. The van der Waals surface area contributed by atoms with Gasteiger partial charge in [-0.3, -0.25) is 9.78 Å². The maximum absolute atomic E-state index is 11.6. The zero-order valence-corrected chi connectivity index (χ0v) is 11.2. The van der Waals surface area contributed by atoms with E-state index in [-0.39, 0.29) is 0 Å². The minimum atomic E-state index is 0.662. The summed E-state index contributed by atoms with van der Waals surface area (Å²) in [5, 5.41) is 3.20. The third-order valence-corrected chi connectivity index (χ3v) is 3.78. The largest absolute Gasteiger partial charge is 0.352 e. The summed E-state index contributed by atoms with van der Waals surface area (Å²) in [6.07, 6.45) is 2.63. The number of nitrogens with zero attached hydrogens (tertiary/aromatic N) is 1. The van der Waals surface area contributed by atoms with Crippen LogP contribution in [0, 0.1) is 0 Å². The summed E-state index contributed by atoms with van der Waals surface area (Å²) in [5.74, 6) is 0. The molecule has 2 aromatic carbocycles. The summed E-state index contributed by atoms with van der Waals surface area (Å²) >= 11 is 0. The molecule has 3 nitrogen and oxygen atoms in total. The molecule has 0 radical (unpaired) electrons. The molecule has 0 unspecified atom stereocenters. The first-order valence-corrected chi connectivity index (χ1v) is 6.78. The number of nitrogens with one attached hydrogen (secondary N) is 1. The Morgan fingerprint density at radius 3 is 2.57 bits per heavy atom. The second-order valence-electron chi connectivity index (χ2n) is 4.96. The fraction of sp³-hybridized carbons (Fsp3) is 0. The van der Waals surface area contributed by atoms with Crippen molar-refractivity contribution in [3.8, 4) is 11.4 Å². The number of hydrogen-bond donors (Lipinski definition) is 1. The van der Waals surface area contributed by atoms with Gasteiger partial charge in [-0.2, -0.15) is 0 Å². The van der Waals surface area contributed by atoms with E-state index >= 15 is 0 Å². The van der Waals surface area contributed by atoms with Gasteiger partial charge in [0.2, 0.25) is 0 Å². The Balaban J connectivity index is 2.13. The van der Waals surface area contributed by atoms with E-state index in [9.17, 15) is 4.79 Å². The van der Waals surface area contributed by atoms with Crippen LogP contribution in [0.15, 0.2) is 60.8 Å². The number of fused-ring (bicyclic) bond motifs is 3. The van der Waals surface area contributed by atoms with Gasteiger partial charge in [0.15, 0.2) is 6.29 Å². The van der Waals surface area contributed by atoms with Crippen LogP contribution in [0.4, 0.5) is 0 Å². The van der Waals surface area contributed by atoms with Crippen LogP contribution in [0.25, 0.3) is 33.1 Å². The maximum atomic E-state index is 11.6. The number of hydrogen-bond acceptors (Lipinski definition) is 2. The lowest BCUT2D eigenvalue weighted by Crippen LogP contribution is -1.86. The van der Waals surface area contributed by atoms with Gasteiger partial charge < -0.3 is 4.98 Å². The maximum Gasteiger partial charge on any atom is 0.152 e.